The second-order valence-electron chi connectivity index (χ2n) is 9.16. The van der Waals surface area contributed by atoms with E-state index in [1.54, 1.807) is 31.2 Å². The van der Waals surface area contributed by atoms with E-state index in [0.717, 1.165) is 18.4 Å². The lowest BCUT2D eigenvalue weighted by Crippen LogP contribution is -2.50. The smallest absolute Gasteiger partial charge is 0.243 e. The molecule has 34 heavy (non-hydrogen) atoms. The fourth-order valence-electron chi connectivity index (χ4n) is 4.08. The molecule has 0 radical (unpaired) electrons. The average Bonchev–Trinajstić information content (AvgIpc) is 2.83. The number of carbonyl (C=O) groups excluding carboxylic acids is 2. The van der Waals surface area contributed by atoms with Gasteiger partial charge in [-0.1, -0.05) is 48.0 Å². The fourth-order valence-corrected chi connectivity index (χ4v) is 5.55. The third-order valence-electron chi connectivity index (χ3n) is 6.33. The molecule has 0 bridgehead atoms. The molecule has 2 aromatic rings. The highest BCUT2D eigenvalue weighted by atomic mass is 32.2. The van der Waals surface area contributed by atoms with Crippen molar-refractivity contribution in [3.63, 3.8) is 0 Å². The van der Waals surface area contributed by atoms with Crippen LogP contribution >= 0.6 is 0 Å². The minimum atomic E-state index is -3.57. The molecule has 1 aliphatic heterocycles. The van der Waals surface area contributed by atoms with Crippen LogP contribution in [0.15, 0.2) is 59.5 Å². The zero-order chi connectivity index (χ0) is 24.7. The Morgan fingerprint density at radius 3 is 2.21 bits per heavy atom. The van der Waals surface area contributed by atoms with Crippen LogP contribution in [0.2, 0.25) is 0 Å². The molecule has 1 fully saturated rings. The van der Waals surface area contributed by atoms with E-state index in [1.807, 2.05) is 32.0 Å². The first-order chi connectivity index (χ1) is 16.2. The van der Waals surface area contributed by atoms with Crippen LogP contribution in [-0.4, -0.2) is 49.7 Å². The van der Waals surface area contributed by atoms with Crippen molar-refractivity contribution >= 4 is 21.8 Å². The Labute approximate surface area is 203 Å². The van der Waals surface area contributed by atoms with Crippen molar-refractivity contribution in [2.75, 3.05) is 13.1 Å². The van der Waals surface area contributed by atoms with Gasteiger partial charge in [0.25, 0.3) is 0 Å². The van der Waals surface area contributed by atoms with Gasteiger partial charge in [0, 0.05) is 25.0 Å². The van der Waals surface area contributed by atoms with Crippen LogP contribution in [-0.2, 0) is 26.0 Å². The van der Waals surface area contributed by atoms with Gasteiger partial charge in [-0.15, -0.1) is 0 Å². The summed E-state index contributed by atoms with van der Waals surface area (Å²) in [7, 11) is -3.57. The number of hydrogen-bond donors (Lipinski definition) is 2. The zero-order valence-corrected chi connectivity index (χ0v) is 21.0. The molecule has 184 valence electrons. The van der Waals surface area contributed by atoms with Crippen LogP contribution in [0.3, 0.4) is 0 Å². The Bertz CT molecular complexity index is 1060. The Hall–Kier alpha value is -2.71. The first-order valence-corrected chi connectivity index (χ1v) is 13.3. The molecule has 2 atom stereocenters. The summed E-state index contributed by atoms with van der Waals surface area (Å²) >= 11 is 0. The van der Waals surface area contributed by atoms with Gasteiger partial charge in [0.15, 0.2) is 0 Å². The number of benzene rings is 2. The van der Waals surface area contributed by atoms with Gasteiger partial charge in [0.2, 0.25) is 21.8 Å². The van der Waals surface area contributed by atoms with Gasteiger partial charge in [-0.3, -0.25) is 9.59 Å². The number of nitrogens with one attached hydrogen (secondary N) is 2. The van der Waals surface area contributed by atoms with Crippen molar-refractivity contribution in [2.24, 2.45) is 5.92 Å². The molecule has 1 aliphatic rings. The molecule has 7 nitrogen and oxygen atoms in total. The average molecular weight is 486 g/mol. The highest BCUT2D eigenvalue weighted by Gasteiger charge is 2.33. The molecule has 2 N–H and O–H groups in total. The van der Waals surface area contributed by atoms with Crippen molar-refractivity contribution < 1.29 is 18.0 Å². The van der Waals surface area contributed by atoms with E-state index < -0.39 is 16.1 Å². The summed E-state index contributed by atoms with van der Waals surface area (Å²) in [5, 5.41) is 5.77. The van der Waals surface area contributed by atoms with Crippen molar-refractivity contribution in [3.8, 4) is 0 Å². The molecule has 1 saturated heterocycles. The Morgan fingerprint density at radius 1 is 0.971 bits per heavy atom. The van der Waals surface area contributed by atoms with E-state index in [4.69, 9.17) is 0 Å². The van der Waals surface area contributed by atoms with Crippen LogP contribution in [0.4, 0.5) is 0 Å². The third-order valence-corrected chi connectivity index (χ3v) is 8.25. The topological polar surface area (TPSA) is 95.6 Å². The maximum Gasteiger partial charge on any atom is 0.243 e. The molecule has 1 heterocycles. The third kappa shape index (κ3) is 6.90. The van der Waals surface area contributed by atoms with E-state index in [0.29, 0.717) is 12.8 Å². The summed E-state index contributed by atoms with van der Waals surface area (Å²) in [6, 6.07) is 16.2. The Kier molecular flexibility index (Phi) is 8.85. The summed E-state index contributed by atoms with van der Waals surface area (Å²) < 4.78 is 27.2. The monoisotopic (exact) mass is 485 g/mol. The minimum Gasteiger partial charge on any atom is -0.352 e. The molecule has 0 unspecified atom stereocenters. The van der Waals surface area contributed by atoms with Gasteiger partial charge < -0.3 is 10.6 Å². The second-order valence-corrected chi connectivity index (χ2v) is 11.1. The lowest BCUT2D eigenvalue weighted by molar-refractivity contribution is -0.131. The Morgan fingerprint density at radius 2 is 1.59 bits per heavy atom. The lowest BCUT2D eigenvalue weighted by atomic mass is 9.97. The number of sulfonamides is 1. The van der Waals surface area contributed by atoms with E-state index in [-0.39, 0.29) is 41.8 Å². The minimum absolute atomic E-state index is 0.0118. The van der Waals surface area contributed by atoms with Crippen molar-refractivity contribution in [1.82, 2.24) is 14.9 Å². The van der Waals surface area contributed by atoms with Crippen molar-refractivity contribution in [1.29, 1.82) is 0 Å². The van der Waals surface area contributed by atoms with E-state index in [2.05, 4.69) is 22.8 Å². The molecule has 2 amide bonds. The van der Waals surface area contributed by atoms with E-state index >= 15 is 0 Å². The normalized spacial score (nSPS) is 17.0. The number of piperidine rings is 1. The van der Waals surface area contributed by atoms with Gasteiger partial charge in [-0.25, -0.2) is 8.42 Å². The second kappa shape index (κ2) is 11.6. The molecule has 0 aromatic heterocycles. The molecule has 8 heteroatoms. The SMILES string of the molecule is Cc1ccc(S(=O)(=O)N2CCC(C(=O)N[C@@H](C)C(=O)N[C@@H](C)CCc3ccccc3)CC2)cc1. The Balaban J connectivity index is 1.44. The number of nitrogens with zero attached hydrogens (tertiary/aromatic N) is 1. The number of hydrogen-bond acceptors (Lipinski definition) is 4. The van der Waals surface area contributed by atoms with Gasteiger partial charge in [-0.05, 0) is 64.2 Å². The summed E-state index contributed by atoms with van der Waals surface area (Å²) in [6.45, 7) is 6.11. The summed E-state index contributed by atoms with van der Waals surface area (Å²) in [4.78, 5) is 25.5. The first kappa shape index (κ1) is 25.9. The zero-order valence-electron chi connectivity index (χ0n) is 20.2. The molecular weight excluding hydrogens is 450 g/mol. The predicted octanol–water partition coefficient (Wildman–Crippen LogP) is 3.04. The van der Waals surface area contributed by atoms with E-state index in [9.17, 15) is 18.0 Å². The van der Waals surface area contributed by atoms with Crippen molar-refractivity contribution in [2.45, 2.75) is 63.4 Å². The lowest BCUT2D eigenvalue weighted by Gasteiger charge is -2.31. The molecule has 0 saturated carbocycles. The first-order valence-electron chi connectivity index (χ1n) is 11.9. The van der Waals surface area contributed by atoms with Crippen LogP contribution in [0, 0.1) is 12.8 Å². The molecule has 3 rings (SSSR count). The molecule has 2 aromatic carbocycles. The predicted molar refractivity (Wildman–Crippen MR) is 133 cm³/mol. The van der Waals surface area contributed by atoms with Gasteiger partial charge in [-0.2, -0.15) is 4.31 Å². The van der Waals surface area contributed by atoms with Gasteiger partial charge >= 0.3 is 0 Å². The number of rotatable bonds is 9. The van der Waals surface area contributed by atoms with Crippen LogP contribution in [0.1, 0.15) is 44.2 Å². The summed E-state index contributed by atoms with van der Waals surface area (Å²) in [6.07, 6.45) is 2.54. The van der Waals surface area contributed by atoms with Crippen LogP contribution < -0.4 is 10.6 Å². The standard InChI is InChI=1S/C26H35N3O4S/c1-19-9-13-24(14-10-19)34(32,33)29-17-15-23(16-18-29)26(31)28-21(3)25(30)27-20(2)11-12-22-7-5-4-6-8-22/h4-10,13-14,20-21,23H,11-12,15-18H2,1-3H3,(H,27,30)(H,28,31)/t20-,21-/m0/s1. The highest BCUT2D eigenvalue weighted by molar-refractivity contribution is 7.89. The molecular formula is C26H35N3O4S. The van der Waals surface area contributed by atoms with Gasteiger partial charge in [0.1, 0.15) is 6.04 Å². The van der Waals surface area contributed by atoms with E-state index in [1.165, 1.54) is 9.87 Å². The van der Waals surface area contributed by atoms with Crippen LogP contribution in [0.25, 0.3) is 0 Å². The summed E-state index contributed by atoms with van der Waals surface area (Å²) in [5.41, 5.74) is 2.22. The summed E-state index contributed by atoms with van der Waals surface area (Å²) in [5.74, 6) is -0.726. The molecule has 0 spiro atoms. The fraction of sp³-hybridized carbons (Fsp3) is 0.462. The highest BCUT2D eigenvalue weighted by Crippen LogP contribution is 2.24. The van der Waals surface area contributed by atoms with Crippen LogP contribution in [0.5, 0.6) is 0 Å². The number of carbonyl (C=O) groups is 2. The quantitative estimate of drug-likeness (QED) is 0.571. The number of aryl methyl sites for hydroxylation is 2. The van der Waals surface area contributed by atoms with Gasteiger partial charge in [0.05, 0.1) is 4.90 Å². The molecule has 0 aliphatic carbocycles. The maximum atomic E-state index is 12.9. The largest absolute Gasteiger partial charge is 0.352 e. The maximum absolute atomic E-state index is 12.9. The number of amides is 2. The van der Waals surface area contributed by atoms with Crippen molar-refractivity contribution in [3.05, 3.63) is 65.7 Å².